The smallest absolute Gasteiger partial charge is 0.407 e. The number of hydrogen-bond donors (Lipinski definition) is 9. The van der Waals surface area contributed by atoms with Crippen molar-refractivity contribution in [3.05, 3.63) is 0 Å². The summed E-state index contributed by atoms with van der Waals surface area (Å²) in [6, 6.07) is -0.0463. The first kappa shape index (κ1) is 146. The zero-order valence-electron chi connectivity index (χ0n) is 71.4. The second kappa shape index (κ2) is 227. The molecule has 594 valence electrons. The third-order valence-electron chi connectivity index (χ3n) is 6.40. The normalized spacial score (nSPS) is 13.9. The fraction of sp³-hybridized carbons (Fsp3) is 0.931. The van der Waals surface area contributed by atoms with Crippen molar-refractivity contribution in [1.29, 1.82) is 0 Å². The Morgan fingerprint density at radius 3 is 0.766 bits per heavy atom. The zero-order valence-corrected chi connectivity index (χ0v) is 73.0. The van der Waals surface area contributed by atoms with Crippen LogP contribution in [0.25, 0.3) is 0 Å². The average molecular weight is 1420 g/mol. The number of nitrogens with one attached hydrogen (secondary N) is 9. The van der Waals surface area contributed by atoms with Crippen LogP contribution in [0.4, 0.5) is 14.4 Å². The number of alkyl carbamates (subject to hydrolysis) is 2. The largest absolute Gasteiger partial charge is 0.449 e. The van der Waals surface area contributed by atoms with Gasteiger partial charge in [0.15, 0.2) is 0 Å². The number of rotatable bonds is 0. The molecule has 6 amide bonds. The van der Waals surface area contributed by atoms with Gasteiger partial charge in [0, 0.05) is 81.9 Å². The Kier molecular flexibility index (Phi) is 354. The molecular formula is C72H183N9O11S2. The van der Waals surface area contributed by atoms with Crippen LogP contribution in [0.3, 0.4) is 0 Å². The lowest BCUT2D eigenvalue weighted by molar-refractivity contribution is -0.124. The molecule has 9 N–H and O–H groups in total. The molecule has 0 unspecified atom stereocenters. The van der Waals surface area contributed by atoms with E-state index in [1.165, 1.54) is 42.3 Å². The first-order valence-electron chi connectivity index (χ1n) is 38.5. The molecule has 0 atom stereocenters. The molecule has 10 fully saturated rings. The minimum absolute atomic E-state index is 0.0463. The van der Waals surface area contributed by atoms with Crippen molar-refractivity contribution in [1.82, 2.24) is 48.0 Å². The Morgan fingerprint density at radius 1 is 0.309 bits per heavy atom. The minimum atomic E-state index is -0.296. The van der Waals surface area contributed by atoms with Crippen molar-refractivity contribution < 1.29 is 52.5 Å². The molecule has 0 radical (unpaired) electrons. The van der Waals surface area contributed by atoms with Crippen molar-refractivity contribution >= 4 is 53.6 Å². The number of hydrogen-bond acceptors (Lipinski definition) is 17. The van der Waals surface area contributed by atoms with E-state index in [-0.39, 0.29) is 30.0 Å². The number of carbonyl (C=O) groups excluding carboxylic acids is 5. The van der Waals surface area contributed by atoms with Gasteiger partial charge in [-0.1, -0.05) is 296 Å². The van der Waals surface area contributed by atoms with Crippen molar-refractivity contribution in [2.24, 2.45) is 0 Å². The highest BCUT2D eigenvalue weighted by Crippen LogP contribution is 2.20. The number of hydroxylamine groups is 1. The van der Waals surface area contributed by atoms with Crippen molar-refractivity contribution in [2.45, 2.75) is 322 Å². The average Bonchev–Trinajstić information content (AvgIpc) is 4.74. The molecule has 0 aromatic rings. The standard InChI is InChI=1S/C4H7NO2.C4H5NO2.C3H6N2O.C3H8N2.C3H5NO2.2C3H7NO.C3H6O2.C3H6S2.C3H6.20C2H6/c6-4-5-2-1-3-7-4;6-3-1-2-4(7)5-3;6-3-4-1-2-5-3;1-2-5-3-4-1;5-3-4-1-2-6-3;1-2-5-3-4-1;1-2-4-5-3-1;2*1-2-5-3-4-1;1-2-3-1;20*1-2/h1-3H2,(H,5,6);1-2H2,(H,5,6,7);1-2H2,(H2,4,5,6);4-5H,1-3H2;1-2H2,(H,4,5);2*4H,1-3H2;2*1-3H2;1-3H2;20*1-2H3. The predicted octanol–water partition coefficient (Wildman–Crippen LogP) is 20.3. The molecule has 10 aliphatic rings. The first-order valence-corrected chi connectivity index (χ1v) is 40.8. The number of ether oxygens (including phenoxy) is 5. The maximum atomic E-state index is 10.1. The fourth-order valence-corrected chi connectivity index (χ4v) is 5.86. The van der Waals surface area contributed by atoms with E-state index in [9.17, 15) is 24.0 Å². The third-order valence-corrected chi connectivity index (χ3v) is 8.97. The Bertz CT molecular complexity index is 823. The number of thioether (sulfide) groups is 2. The van der Waals surface area contributed by atoms with Gasteiger partial charge >= 0.3 is 18.2 Å². The topological polar surface area (TPSA) is 249 Å². The van der Waals surface area contributed by atoms with Crippen LogP contribution in [0, 0.1) is 0 Å². The van der Waals surface area contributed by atoms with Crippen molar-refractivity contribution in [3.63, 3.8) is 0 Å². The van der Waals surface area contributed by atoms with Crippen molar-refractivity contribution in [2.75, 3.05) is 129 Å². The van der Waals surface area contributed by atoms with Gasteiger partial charge in [0.1, 0.15) is 13.4 Å². The van der Waals surface area contributed by atoms with Crippen LogP contribution in [0.1, 0.15) is 322 Å². The lowest BCUT2D eigenvalue weighted by atomic mass is 10.4. The minimum Gasteiger partial charge on any atom is -0.449 e. The molecule has 94 heavy (non-hydrogen) atoms. The molecule has 22 heteroatoms. The van der Waals surface area contributed by atoms with Gasteiger partial charge in [0.2, 0.25) is 11.8 Å². The highest BCUT2D eigenvalue weighted by atomic mass is 32.2. The van der Waals surface area contributed by atoms with E-state index >= 15 is 0 Å². The summed E-state index contributed by atoms with van der Waals surface area (Å²) in [4.78, 5) is 55.0. The number of cyclic esters (lactones) is 2. The van der Waals surface area contributed by atoms with E-state index in [1.807, 2.05) is 300 Å². The zero-order chi connectivity index (χ0) is 79.0. The van der Waals surface area contributed by atoms with Crippen LogP contribution in [-0.4, -0.2) is 159 Å². The summed E-state index contributed by atoms with van der Waals surface area (Å²) >= 11 is 4.07. The molecular weight excluding hydrogens is 1230 g/mol. The molecule has 0 spiro atoms. The molecule has 20 nitrogen and oxygen atoms in total. The number of imide groups is 1. The summed E-state index contributed by atoms with van der Waals surface area (Å²) in [5.74, 6) is 2.46. The predicted molar refractivity (Wildman–Crippen MR) is 433 cm³/mol. The van der Waals surface area contributed by atoms with Crippen LogP contribution in [0.15, 0.2) is 0 Å². The van der Waals surface area contributed by atoms with Crippen molar-refractivity contribution in [3.8, 4) is 0 Å². The van der Waals surface area contributed by atoms with E-state index < -0.39 is 0 Å². The summed E-state index contributed by atoms with van der Waals surface area (Å²) in [6.45, 7) is 94.0. The third kappa shape index (κ3) is 236. The lowest BCUT2D eigenvalue weighted by Gasteiger charge is -2.10. The highest BCUT2D eigenvalue weighted by Gasteiger charge is 2.15. The molecule has 9 heterocycles. The van der Waals surface area contributed by atoms with Gasteiger partial charge < -0.3 is 60.4 Å². The van der Waals surface area contributed by atoms with Crippen LogP contribution < -0.4 is 48.0 Å². The molecule has 0 bridgehead atoms. The van der Waals surface area contributed by atoms with Gasteiger partial charge in [-0.15, -0.1) is 0 Å². The van der Waals surface area contributed by atoms with Crippen LogP contribution in [-0.2, 0) is 38.1 Å². The molecule has 9 saturated heterocycles. The molecule has 1 saturated carbocycles. The molecule has 1 aliphatic carbocycles. The van der Waals surface area contributed by atoms with E-state index in [4.69, 9.17) is 19.0 Å². The van der Waals surface area contributed by atoms with Crippen LogP contribution in [0.2, 0.25) is 0 Å². The highest BCUT2D eigenvalue weighted by molar-refractivity contribution is 8.19. The second-order valence-corrected chi connectivity index (χ2v) is 14.0. The van der Waals surface area contributed by atoms with E-state index in [2.05, 4.69) is 57.5 Å². The van der Waals surface area contributed by atoms with Gasteiger partial charge in [0.05, 0.1) is 46.3 Å². The van der Waals surface area contributed by atoms with Gasteiger partial charge in [0.25, 0.3) is 0 Å². The Labute approximate surface area is 601 Å². The monoisotopic (exact) mass is 1410 g/mol. The molecule has 0 aromatic heterocycles. The Hall–Kier alpha value is -2.67. The number of amides is 6. The first-order chi connectivity index (χ1) is 46.5. The van der Waals surface area contributed by atoms with Gasteiger partial charge in [-0.05, 0) is 12.8 Å². The molecule has 9 aliphatic heterocycles. The molecule has 10 rings (SSSR count). The lowest BCUT2D eigenvalue weighted by Crippen LogP contribution is -2.31. The van der Waals surface area contributed by atoms with E-state index in [0.29, 0.717) is 39.4 Å². The Balaban J connectivity index is -0.0000000341. The van der Waals surface area contributed by atoms with E-state index in [0.717, 1.165) is 92.1 Å². The summed E-state index contributed by atoms with van der Waals surface area (Å²) in [5.41, 5.74) is 2.72. The van der Waals surface area contributed by atoms with Gasteiger partial charge in [-0.3, -0.25) is 20.2 Å². The van der Waals surface area contributed by atoms with Crippen LogP contribution >= 0.6 is 23.5 Å². The van der Waals surface area contributed by atoms with Crippen LogP contribution in [0.5, 0.6) is 0 Å². The summed E-state index contributed by atoms with van der Waals surface area (Å²) in [6.07, 6.45) is 6.77. The van der Waals surface area contributed by atoms with Gasteiger partial charge in [-0.25, -0.2) is 19.9 Å². The maximum Gasteiger partial charge on any atom is 0.407 e. The summed E-state index contributed by atoms with van der Waals surface area (Å²) in [7, 11) is 0. The maximum absolute atomic E-state index is 10.1. The number of carbonyl (C=O) groups is 5. The summed E-state index contributed by atoms with van der Waals surface area (Å²) in [5, 5.41) is 22.8. The fourth-order valence-electron chi connectivity index (χ4n) is 3.50. The molecule has 0 aromatic carbocycles. The quantitative estimate of drug-likeness (QED) is 0.102. The second-order valence-electron chi connectivity index (χ2n) is 11.4. The number of urea groups is 1. The SMILES string of the molecule is C1CC1.C1CNCN1.C1CNOC1.C1COCN1.C1COCO1.C1CSCS1.CC.CC.CC.CC.CC.CC.CC.CC.CC.CC.CC.CC.CC.CC.CC.CC.CC.CC.CC.CC.O=C1CCC(=O)N1.O=C1NCCCO1.O=C1NCCN1.O=C1NCCO1. The van der Waals surface area contributed by atoms with E-state index in [1.54, 1.807) is 0 Å². The Morgan fingerprint density at radius 2 is 0.660 bits per heavy atom. The van der Waals surface area contributed by atoms with Gasteiger partial charge in [-0.2, -0.15) is 23.5 Å². The summed E-state index contributed by atoms with van der Waals surface area (Å²) < 4.78 is 23.2.